The van der Waals surface area contributed by atoms with Crippen molar-refractivity contribution in [3.8, 4) is 0 Å². The van der Waals surface area contributed by atoms with Crippen molar-refractivity contribution in [2.45, 2.75) is 6.43 Å². The van der Waals surface area contributed by atoms with Crippen LogP contribution in [0.25, 0.3) is 0 Å². The molecule has 1 heterocycles. The molecule has 1 N–H and O–H groups in total. The van der Waals surface area contributed by atoms with E-state index < -0.39 is 12.0 Å². The van der Waals surface area contributed by atoms with E-state index in [0.29, 0.717) is 0 Å². The smallest absolute Gasteiger partial charge is 0.266 e. The van der Waals surface area contributed by atoms with Crippen LogP contribution in [0.3, 0.4) is 0 Å². The lowest BCUT2D eigenvalue weighted by molar-refractivity contribution is 0.151. The first-order chi connectivity index (χ1) is 5.54. The minimum atomic E-state index is -2.66. The first-order valence-corrected chi connectivity index (χ1v) is 4.34. The zero-order chi connectivity index (χ0) is 9.30. The van der Waals surface area contributed by atoms with Gasteiger partial charge in [0.05, 0.1) is 14.2 Å². The number of aromatic amines is 1. The first-order valence-electron chi connectivity index (χ1n) is 2.88. The summed E-state index contributed by atoms with van der Waals surface area (Å²) in [5.74, 6) is 0. The molecule has 1 aromatic rings. The van der Waals surface area contributed by atoms with E-state index in [0.717, 1.165) is 6.20 Å². The summed E-state index contributed by atoms with van der Waals surface area (Å²) in [6.07, 6.45) is -1.74. The Balaban J connectivity index is 3.36. The van der Waals surface area contributed by atoms with Gasteiger partial charge in [-0.3, -0.25) is 4.79 Å². The zero-order valence-electron chi connectivity index (χ0n) is 5.57. The van der Waals surface area contributed by atoms with E-state index in [1.807, 2.05) is 0 Å². The van der Waals surface area contributed by atoms with Gasteiger partial charge in [-0.05, 0) is 22.6 Å². The number of rotatable bonds is 1. The van der Waals surface area contributed by atoms with E-state index in [4.69, 9.17) is 11.6 Å². The van der Waals surface area contributed by atoms with Crippen molar-refractivity contribution in [3.05, 3.63) is 30.7 Å². The number of aromatic nitrogens is 1. The van der Waals surface area contributed by atoms with Gasteiger partial charge in [0.1, 0.15) is 0 Å². The molecule has 0 aliphatic carbocycles. The van der Waals surface area contributed by atoms with E-state index in [-0.39, 0.29) is 14.2 Å². The summed E-state index contributed by atoms with van der Waals surface area (Å²) in [4.78, 5) is 13.0. The van der Waals surface area contributed by atoms with Crippen LogP contribution in [0, 0.1) is 3.57 Å². The highest BCUT2D eigenvalue weighted by molar-refractivity contribution is 14.1. The van der Waals surface area contributed by atoms with Crippen LogP contribution >= 0.6 is 34.2 Å². The van der Waals surface area contributed by atoms with Gasteiger partial charge in [0.2, 0.25) is 0 Å². The molecule has 0 bridgehead atoms. The van der Waals surface area contributed by atoms with Crippen molar-refractivity contribution in [2.24, 2.45) is 0 Å². The van der Waals surface area contributed by atoms with E-state index in [1.165, 1.54) is 0 Å². The lowest BCUT2D eigenvalue weighted by atomic mass is 10.3. The molecule has 0 fully saturated rings. The zero-order valence-corrected chi connectivity index (χ0v) is 8.49. The van der Waals surface area contributed by atoms with Gasteiger partial charge in [-0.15, -0.1) is 0 Å². The average molecular weight is 305 g/mol. The Morgan fingerprint density at radius 2 is 2.17 bits per heavy atom. The van der Waals surface area contributed by atoms with Crippen molar-refractivity contribution in [1.29, 1.82) is 0 Å². The van der Waals surface area contributed by atoms with E-state index in [2.05, 4.69) is 4.98 Å². The second kappa shape index (κ2) is 3.69. The maximum Gasteiger partial charge on any atom is 0.266 e. The summed E-state index contributed by atoms with van der Waals surface area (Å²) in [5.41, 5.74) is -0.800. The fourth-order valence-electron chi connectivity index (χ4n) is 0.655. The van der Waals surface area contributed by atoms with Gasteiger partial charge in [-0.1, -0.05) is 11.6 Å². The fraction of sp³-hybridized carbons (Fsp3) is 0.167. The second-order valence-corrected chi connectivity index (χ2v) is 3.46. The van der Waals surface area contributed by atoms with Crippen LogP contribution in [0.2, 0.25) is 5.02 Å². The predicted molar refractivity (Wildman–Crippen MR) is 49.7 cm³/mol. The van der Waals surface area contributed by atoms with Gasteiger partial charge in [-0.2, -0.15) is 0 Å². The van der Waals surface area contributed by atoms with Gasteiger partial charge in [-0.25, -0.2) is 8.78 Å². The van der Waals surface area contributed by atoms with Gasteiger partial charge in [0.15, 0.2) is 0 Å². The molecule has 0 saturated carbocycles. The molecule has 0 amide bonds. The summed E-state index contributed by atoms with van der Waals surface area (Å²) in [6, 6.07) is 0. The number of pyridine rings is 1. The van der Waals surface area contributed by atoms with Crippen LogP contribution in [0.5, 0.6) is 0 Å². The van der Waals surface area contributed by atoms with Crippen LogP contribution in [-0.4, -0.2) is 4.98 Å². The molecule has 2 nitrogen and oxygen atoms in total. The number of halogens is 4. The van der Waals surface area contributed by atoms with E-state index in [1.54, 1.807) is 22.6 Å². The topological polar surface area (TPSA) is 32.9 Å². The fourth-order valence-corrected chi connectivity index (χ4v) is 1.35. The quantitative estimate of drug-likeness (QED) is 0.795. The normalized spacial score (nSPS) is 10.8. The van der Waals surface area contributed by atoms with Crippen molar-refractivity contribution >= 4 is 34.2 Å². The maximum atomic E-state index is 12.1. The SMILES string of the molecule is O=c1[nH]cc(C(F)F)c(Cl)c1I. The minimum Gasteiger partial charge on any atom is -0.328 e. The molecule has 1 aromatic heterocycles. The molecule has 0 atom stereocenters. The summed E-state index contributed by atoms with van der Waals surface area (Å²) in [6.45, 7) is 0. The molecule has 0 saturated heterocycles. The number of nitrogens with one attached hydrogen (secondary N) is 1. The molecule has 0 aliphatic heterocycles. The van der Waals surface area contributed by atoms with Crippen molar-refractivity contribution < 1.29 is 8.78 Å². The minimum absolute atomic E-state index is 0.0899. The lowest BCUT2D eigenvalue weighted by Crippen LogP contribution is -2.11. The Morgan fingerprint density at radius 1 is 1.58 bits per heavy atom. The molecular weight excluding hydrogens is 302 g/mol. The lowest BCUT2D eigenvalue weighted by Gasteiger charge is -2.02. The molecule has 0 aromatic carbocycles. The first kappa shape index (κ1) is 9.91. The van der Waals surface area contributed by atoms with Gasteiger partial charge < -0.3 is 4.98 Å². The molecule has 0 aliphatic rings. The van der Waals surface area contributed by atoms with E-state index in [9.17, 15) is 13.6 Å². The molecule has 0 spiro atoms. The predicted octanol–water partition coefficient (Wildman–Crippen LogP) is 2.57. The molecular formula is C6H3ClF2INO. The molecule has 6 heteroatoms. The van der Waals surface area contributed by atoms with Gasteiger partial charge >= 0.3 is 0 Å². The largest absolute Gasteiger partial charge is 0.328 e. The number of hydrogen-bond acceptors (Lipinski definition) is 1. The summed E-state index contributed by atoms with van der Waals surface area (Å²) in [7, 11) is 0. The Bertz CT molecular complexity index is 352. The molecule has 1 rings (SSSR count). The Morgan fingerprint density at radius 3 is 2.67 bits per heavy atom. The third kappa shape index (κ3) is 1.77. The van der Waals surface area contributed by atoms with Crippen molar-refractivity contribution in [1.82, 2.24) is 4.98 Å². The highest BCUT2D eigenvalue weighted by Crippen LogP contribution is 2.27. The van der Waals surface area contributed by atoms with E-state index >= 15 is 0 Å². The number of hydrogen-bond donors (Lipinski definition) is 1. The van der Waals surface area contributed by atoms with Crippen LogP contribution in [-0.2, 0) is 0 Å². The second-order valence-electron chi connectivity index (χ2n) is 2.00. The average Bonchev–Trinajstić information content (AvgIpc) is 2.00. The van der Waals surface area contributed by atoms with Crippen molar-refractivity contribution in [2.75, 3.05) is 0 Å². The maximum absolute atomic E-state index is 12.1. The molecule has 12 heavy (non-hydrogen) atoms. The molecule has 0 unspecified atom stereocenters. The number of alkyl halides is 2. The van der Waals surface area contributed by atoms with Crippen LogP contribution in [0.15, 0.2) is 11.0 Å². The molecule has 0 radical (unpaired) electrons. The standard InChI is InChI=1S/C6H3ClF2INO/c7-3-2(5(8)9)1-11-6(12)4(3)10/h1,5H,(H,11,12). The van der Waals surface area contributed by atoms with Crippen LogP contribution < -0.4 is 5.56 Å². The monoisotopic (exact) mass is 305 g/mol. The summed E-state index contributed by atoms with van der Waals surface area (Å²) in [5, 5.41) is -0.172. The molecule has 66 valence electrons. The summed E-state index contributed by atoms with van der Waals surface area (Å²) < 4.78 is 24.3. The highest BCUT2D eigenvalue weighted by Gasteiger charge is 2.15. The highest BCUT2D eigenvalue weighted by atomic mass is 127. The van der Waals surface area contributed by atoms with Gasteiger partial charge in [0.25, 0.3) is 12.0 Å². The van der Waals surface area contributed by atoms with Crippen LogP contribution in [0.4, 0.5) is 8.78 Å². The third-order valence-corrected chi connectivity index (χ3v) is 2.99. The Labute approximate surface area is 85.1 Å². The Kier molecular flexibility index (Phi) is 3.05. The summed E-state index contributed by atoms with van der Waals surface area (Å²) >= 11 is 7.10. The van der Waals surface area contributed by atoms with Crippen LogP contribution in [0.1, 0.15) is 12.0 Å². The van der Waals surface area contributed by atoms with Gasteiger partial charge in [0, 0.05) is 6.20 Å². The number of H-pyrrole nitrogens is 1. The van der Waals surface area contributed by atoms with Crippen molar-refractivity contribution in [3.63, 3.8) is 0 Å². The Hall–Kier alpha value is -0.170. The third-order valence-electron chi connectivity index (χ3n) is 1.24.